The molecule has 0 saturated heterocycles. The second kappa shape index (κ2) is 6.01. The second-order valence-electron chi connectivity index (χ2n) is 4.19. The summed E-state index contributed by atoms with van der Waals surface area (Å²) in [7, 11) is 0. The molecule has 2 aromatic heterocycles. The first kappa shape index (κ1) is 14.3. The predicted octanol–water partition coefficient (Wildman–Crippen LogP) is 4.32. The van der Waals surface area contributed by atoms with E-state index in [-0.39, 0.29) is 5.91 Å². The summed E-state index contributed by atoms with van der Waals surface area (Å²) < 4.78 is 2.05. The summed E-state index contributed by atoms with van der Waals surface area (Å²) in [5.74, 6) is -0.215. The molecule has 0 aliphatic heterocycles. The number of halogens is 1. The highest BCUT2D eigenvalue weighted by Gasteiger charge is 2.09. The highest BCUT2D eigenvalue weighted by molar-refractivity contribution is 8.00. The van der Waals surface area contributed by atoms with Gasteiger partial charge in [0.1, 0.15) is 5.15 Å². The molecule has 4 nitrogen and oxygen atoms in total. The molecule has 1 aromatic carbocycles. The van der Waals surface area contributed by atoms with Gasteiger partial charge in [-0.25, -0.2) is 9.97 Å². The third-order valence-corrected chi connectivity index (χ3v) is 5.00. The summed E-state index contributed by atoms with van der Waals surface area (Å²) in [5, 5.41) is 3.15. The molecule has 0 spiro atoms. The van der Waals surface area contributed by atoms with Gasteiger partial charge in [0.25, 0.3) is 5.91 Å². The molecule has 1 amide bonds. The Balaban J connectivity index is 1.85. The average Bonchev–Trinajstić information content (AvgIpc) is 2.89. The van der Waals surface area contributed by atoms with Gasteiger partial charge in [-0.3, -0.25) is 4.79 Å². The van der Waals surface area contributed by atoms with E-state index < -0.39 is 0 Å². The normalized spacial score (nSPS) is 10.8. The van der Waals surface area contributed by atoms with Crippen molar-refractivity contribution in [1.82, 2.24) is 9.97 Å². The number of thiazole rings is 1. The SMILES string of the molecule is CSc1nc2ccc(NC(=O)c3ccnc(Cl)c3)cc2s1. The number of fused-ring (bicyclic) bond motifs is 1. The van der Waals surface area contributed by atoms with Crippen LogP contribution in [-0.2, 0) is 0 Å². The summed E-state index contributed by atoms with van der Waals surface area (Å²) in [5.41, 5.74) is 2.15. The summed E-state index contributed by atoms with van der Waals surface area (Å²) in [4.78, 5) is 20.5. The Kier molecular flexibility index (Phi) is 4.10. The van der Waals surface area contributed by atoms with E-state index in [9.17, 15) is 4.79 Å². The highest BCUT2D eigenvalue weighted by atomic mass is 35.5. The number of anilines is 1. The summed E-state index contributed by atoms with van der Waals surface area (Å²) in [6.45, 7) is 0. The topological polar surface area (TPSA) is 54.9 Å². The van der Waals surface area contributed by atoms with Crippen LogP contribution in [0.15, 0.2) is 40.9 Å². The molecule has 0 bridgehead atoms. The van der Waals surface area contributed by atoms with Crippen LogP contribution in [0.3, 0.4) is 0 Å². The Morgan fingerprint density at radius 1 is 1.33 bits per heavy atom. The lowest BCUT2D eigenvalue weighted by Crippen LogP contribution is -2.11. The fourth-order valence-corrected chi connectivity index (χ4v) is 3.52. The largest absolute Gasteiger partial charge is 0.322 e. The highest BCUT2D eigenvalue weighted by Crippen LogP contribution is 2.30. The van der Waals surface area contributed by atoms with Crippen molar-refractivity contribution in [2.75, 3.05) is 11.6 Å². The van der Waals surface area contributed by atoms with E-state index in [1.54, 1.807) is 29.2 Å². The van der Waals surface area contributed by atoms with Crippen molar-refractivity contribution in [1.29, 1.82) is 0 Å². The molecule has 0 aliphatic carbocycles. The van der Waals surface area contributed by atoms with Crippen LogP contribution in [0.25, 0.3) is 10.2 Å². The van der Waals surface area contributed by atoms with Crippen LogP contribution in [0.1, 0.15) is 10.4 Å². The molecule has 0 saturated carbocycles. The Morgan fingerprint density at radius 2 is 2.19 bits per heavy atom. The third kappa shape index (κ3) is 3.18. The minimum atomic E-state index is -0.215. The molecule has 2 heterocycles. The molecule has 0 aliphatic rings. The number of thioether (sulfide) groups is 1. The Labute approximate surface area is 134 Å². The van der Waals surface area contributed by atoms with Gasteiger partial charge >= 0.3 is 0 Å². The number of pyridine rings is 1. The van der Waals surface area contributed by atoms with E-state index >= 15 is 0 Å². The number of amides is 1. The van der Waals surface area contributed by atoms with E-state index in [0.717, 1.165) is 20.2 Å². The van der Waals surface area contributed by atoms with E-state index in [4.69, 9.17) is 11.6 Å². The molecule has 0 fully saturated rings. The van der Waals surface area contributed by atoms with Gasteiger partial charge in [0.05, 0.1) is 10.2 Å². The van der Waals surface area contributed by atoms with Crippen molar-refractivity contribution in [2.45, 2.75) is 4.34 Å². The Hall–Kier alpha value is -1.63. The van der Waals surface area contributed by atoms with E-state index in [1.165, 1.54) is 12.3 Å². The standard InChI is InChI=1S/C14H10ClN3OS2/c1-20-14-18-10-3-2-9(7-11(10)21-14)17-13(19)8-4-5-16-12(15)6-8/h2-7H,1H3,(H,17,19). The molecule has 0 atom stereocenters. The van der Waals surface area contributed by atoms with Crippen molar-refractivity contribution in [3.8, 4) is 0 Å². The minimum Gasteiger partial charge on any atom is -0.322 e. The lowest BCUT2D eigenvalue weighted by atomic mass is 10.2. The number of hydrogen-bond donors (Lipinski definition) is 1. The van der Waals surface area contributed by atoms with Crippen molar-refractivity contribution in [3.05, 3.63) is 47.2 Å². The zero-order chi connectivity index (χ0) is 14.8. The number of hydrogen-bond acceptors (Lipinski definition) is 5. The molecule has 106 valence electrons. The molecule has 0 unspecified atom stereocenters. The second-order valence-corrected chi connectivity index (χ2v) is 6.66. The smallest absolute Gasteiger partial charge is 0.255 e. The maximum Gasteiger partial charge on any atom is 0.255 e. The van der Waals surface area contributed by atoms with Gasteiger partial charge in [0.2, 0.25) is 0 Å². The first-order valence-corrected chi connectivity index (χ1v) is 8.45. The molecule has 7 heteroatoms. The zero-order valence-corrected chi connectivity index (χ0v) is 13.4. The Bertz CT molecular complexity index is 819. The fraction of sp³-hybridized carbons (Fsp3) is 0.0714. The quantitative estimate of drug-likeness (QED) is 0.572. The fourth-order valence-electron chi connectivity index (χ4n) is 1.82. The molecule has 3 aromatic rings. The predicted molar refractivity (Wildman–Crippen MR) is 88.6 cm³/mol. The van der Waals surface area contributed by atoms with Crippen LogP contribution in [0.5, 0.6) is 0 Å². The number of benzene rings is 1. The van der Waals surface area contributed by atoms with Crippen molar-refractivity contribution in [2.24, 2.45) is 0 Å². The summed E-state index contributed by atoms with van der Waals surface area (Å²) in [6, 6.07) is 8.83. The monoisotopic (exact) mass is 335 g/mol. The van der Waals surface area contributed by atoms with Gasteiger partial charge < -0.3 is 5.32 Å². The van der Waals surface area contributed by atoms with Gasteiger partial charge in [-0.15, -0.1) is 11.3 Å². The van der Waals surface area contributed by atoms with Crippen LogP contribution in [-0.4, -0.2) is 22.1 Å². The van der Waals surface area contributed by atoms with Gasteiger partial charge in [0.15, 0.2) is 4.34 Å². The average molecular weight is 336 g/mol. The molecule has 0 radical (unpaired) electrons. The first-order chi connectivity index (χ1) is 10.2. The summed E-state index contributed by atoms with van der Waals surface area (Å²) >= 11 is 9.01. The number of nitrogens with zero attached hydrogens (tertiary/aromatic N) is 2. The lowest BCUT2D eigenvalue weighted by Gasteiger charge is -2.05. The van der Waals surface area contributed by atoms with E-state index in [0.29, 0.717) is 10.7 Å². The molecule has 3 rings (SSSR count). The van der Waals surface area contributed by atoms with E-state index in [2.05, 4.69) is 15.3 Å². The van der Waals surface area contributed by atoms with Gasteiger partial charge in [-0.2, -0.15) is 0 Å². The van der Waals surface area contributed by atoms with Gasteiger partial charge in [0, 0.05) is 17.4 Å². The number of nitrogens with one attached hydrogen (secondary N) is 1. The van der Waals surface area contributed by atoms with Crippen molar-refractivity contribution < 1.29 is 4.79 Å². The minimum absolute atomic E-state index is 0.215. The first-order valence-electron chi connectivity index (χ1n) is 6.03. The molecular formula is C14H10ClN3OS2. The van der Waals surface area contributed by atoms with Crippen LogP contribution < -0.4 is 5.32 Å². The van der Waals surface area contributed by atoms with Gasteiger partial charge in [-0.1, -0.05) is 23.4 Å². The Morgan fingerprint density at radius 3 is 2.95 bits per heavy atom. The molecule has 1 N–H and O–H groups in total. The number of aromatic nitrogens is 2. The van der Waals surface area contributed by atoms with Gasteiger partial charge in [-0.05, 0) is 36.6 Å². The zero-order valence-electron chi connectivity index (χ0n) is 11.0. The van der Waals surface area contributed by atoms with Crippen molar-refractivity contribution in [3.63, 3.8) is 0 Å². The maximum atomic E-state index is 12.1. The van der Waals surface area contributed by atoms with Crippen LogP contribution in [0, 0.1) is 0 Å². The lowest BCUT2D eigenvalue weighted by molar-refractivity contribution is 0.102. The maximum absolute atomic E-state index is 12.1. The molecule has 21 heavy (non-hydrogen) atoms. The van der Waals surface area contributed by atoms with Crippen LogP contribution in [0.2, 0.25) is 5.15 Å². The number of carbonyl (C=O) groups excluding carboxylic acids is 1. The third-order valence-electron chi connectivity index (χ3n) is 2.79. The number of rotatable bonds is 3. The molecular weight excluding hydrogens is 326 g/mol. The van der Waals surface area contributed by atoms with Crippen molar-refractivity contribution >= 4 is 56.5 Å². The van der Waals surface area contributed by atoms with Crippen LogP contribution >= 0.6 is 34.7 Å². The summed E-state index contributed by atoms with van der Waals surface area (Å²) in [6.07, 6.45) is 3.50. The van der Waals surface area contributed by atoms with E-state index in [1.807, 2.05) is 24.5 Å². The van der Waals surface area contributed by atoms with Crippen LogP contribution in [0.4, 0.5) is 5.69 Å². The number of carbonyl (C=O) groups is 1.